The van der Waals surface area contributed by atoms with Crippen molar-refractivity contribution >= 4 is 29.8 Å². The van der Waals surface area contributed by atoms with Crippen LogP contribution in [0.4, 0.5) is 14.0 Å². The van der Waals surface area contributed by atoms with Gasteiger partial charge >= 0.3 is 12.2 Å². The summed E-state index contributed by atoms with van der Waals surface area (Å²) in [4.78, 5) is 74.2. The van der Waals surface area contributed by atoms with Gasteiger partial charge < -0.3 is 40.2 Å². The van der Waals surface area contributed by atoms with Crippen molar-refractivity contribution in [3.05, 3.63) is 54.0 Å². The summed E-state index contributed by atoms with van der Waals surface area (Å²) in [6, 6.07) is 2.40. The van der Waals surface area contributed by atoms with Gasteiger partial charge in [0, 0.05) is 48.7 Å². The molecule has 0 saturated carbocycles. The lowest BCUT2D eigenvalue weighted by molar-refractivity contribution is -0.134. The number of nitrogens with one attached hydrogen (secondary N) is 4. The van der Waals surface area contributed by atoms with Crippen LogP contribution in [0.25, 0.3) is 22.6 Å². The van der Waals surface area contributed by atoms with Gasteiger partial charge in [-0.3, -0.25) is 14.6 Å². The summed E-state index contributed by atoms with van der Waals surface area (Å²) in [7, 11) is 2.49. The van der Waals surface area contributed by atoms with E-state index >= 15 is 4.39 Å². The third kappa shape index (κ3) is 7.46. The molecule has 17 heteroatoms. The fourth-order valence-corrected chi connectivity index (χ4v) is 6.75. The van der Waals surface area contributed by atoms with Crippen LogP contribution in [0, 0.1) is 5.82 Å². The van der Waals surface area contributed by atoms with E-state index in [2.05, 4.69) is 45.4 Å². The number of hydrogen-bond donors (Lipinski definition) is 4. The molecule has 5 heterocycles. The van der Waals surface area contributed by atoms with Gasteiger partial charge in [-0.1, -0.05) is 6.07 Å². The van der Waals surface area contributed by atoms with E-state index in [4.69, 9.17) is 4.99 Å². The number of carbonyl (C=O) groups is 4. The second kappa shape index (κ2) is 15.1. The van der Waals surface area contributed by atoms with Gasteiger partial charge in [-0.2, -0.15) is 0 Å². The number of methoxy groups -OCH3 is 2. The standard InChI is InChI=1S/C34H41FN10O6/c1-18(40-33(48)50-3)31(46)44-11-5-7-26(44)29-38-16-24(42-29)21-14-36-28(37-15-21)20-9-10-22(23(35)13-20)25-17-39-30(43-25)27-8-6-12-45(27)32(47)19(2)41-34(49)51-4/h9-10,13-15,17-19,24,26-27H,5-8,11-12,16H2,1-4H3,(H,38,42)(H,39,43)(H,40,48)(H,41,49)/t18-,19-,24?,26-,27-/m0/s1. The summed E-state index contributed by atoms with van der Waals surface area (Å²) >= 11 is 0. The molecule has 51 heavy (non-hydrogen) atoms. The third-order valence-electron chi connectivity index (χ3n) is 9.42. The van der Waals surface area contributed by atoms with Crippen LogP contribution < -0.4 is 16.0 Å². The first kappa shape index (κ1) is 35.2. The first-order chi connectivity index (χ1) is 24.6. The predicted molar refractivity (Wildman–Crippen MR) is 182 cm³/mol. The van der Waals surface area contributed by atoms with Gasteiger partial charge in [-0.25, -0.2) is 28.9 Å². The Morgan fingerprint density at radius 3 is 2.10 bits per heavy atom. The summed E-state index contributed by atoms with van der Waals surface area (Å²) in [5, 5.41) is 8.36. The summed E-state index contributed by atoms with van der Waals surface area (Å²) in [5.41, 5.74) is 2.03. The van der Waals surface area contributed by atoms with E-state index in [1.807, 2.05) is 0 Å². The number of rotatable bonds is 9. The highest BCUT2D eigenvalue weighted by atomic mass is 19.1. The van der Waals surface area contributed by atoms with Gasteiger partial charge in [-0.05, 0) is 51.7 Å². The molecule has 4 amide bonds. The number of alkyl carbamates (subject to hydrolysis) is 2. The number of aliphatic imine (C=N–C) groups is 1. The highest BCUT2D eigenvalue weighted by Gasteiger charge is 2.38. The number of nitrogens with zero attached hydrogens (tertiary/aromatic N) is 6. The van der Waals surface area contributed by atoms with E-state index in [1.54, 1.807) is 54.4 Å². The molecule has 16 nitrogen and oxygen atoms in total. The third-order valence-corrected chi connectivity index (χ3v) is 9.42. The number of likely N-dealkylation sites (tertiary alicyclic amines) is 2. The Morgan fingerprint density at radius 2 is 1.49 bits per heavy atom. The molecule has 270 valence electrons. The second-order valence-corrected chi connectivity index (χ2v) is 12.7. The fraction of sp³-hybridized carbons (Fsp3) is 0.471. The maximum Gasteiger partial charge on any atom is 0.407 e. The monoisotopic (exact) mass is 704 g/mol. The number of hydrogen-bond acceptors (Lipinski definition) is 11. The molecular formula is C34H41FN10O6. The average Bonchev–Trinajstić information content (AvgIpc) is 3.97. The Morgan fingerprint density at radius 1 is 0.882 bits per heavy atom. The van der Waals surface area contributed by atoms with E-state index in [9.17, 15) is 19.2 Å². The van der Waals surface area contributed by atoms with Crippen molar-refractivity contribution in [2.75, 3.05) is 33.9 Å². The molecular weight excluding hydrogens is 663 g/mol. The molecule has 0 aliphatic carbocycles. The molecule has 0 radical (unpaired) electrons. The average molecular weight is 705 g/mol. The SMILES string of the molecule is COC(=O)N[C@@H](C)C(=O)N1CCC[C@H]1C1=NC(c2cnc(-c3ccc(-c4cnc([C@@H]5CCCN5C(=O)[C@H](C)NC(=O)OC)[nH]4)c(F)c3)nc2)CN1. The minimum Gasteiger partial charge on any atom is -0.453 e. The van der Waals surface area contributed by atoms with Crippen LogP contribution in [0.1, 0.15) is 63.0 Å². The van der Waals surface area contributed by atoms with Crippen LogP contribution in [0.15, 0.2) is 41.8 Å². The van der Waals surface area contributed by atoms with E-state index in [0.29, 0.717) is 60.4 Å². The van der Waals surface area contributed by atoms with Crippen molar-refractivity contribution in [3.8, 4) is 22.6 Å². The van der Waals surface area contributed by atoms with Crippen LogP contribution in [0.5, 0.6) is 0 Å². The molecule has 5 atom stereocenters. The Hall–Kier alpha value is -5.61. The van der Waals surface area contributed by atoms with Gasteiger partial charge in [0.1, 0.15) is 29.6 Å². The van der Waals surface area contributed by atoms with E-state index in [0.717, 1.165) is 24.8 Å². The van der Waals surface area contributed by atoms with Crippen LogP contribution in [-0.4, -0.2) is 112 Å². The minimum absolute atomic E-state index is 0.205. The molecule has 1 aromatic carbocycles. The summed E-state index contributed by atoms with van der Waals surface area (Å²) in [6.45, 7) is 4.81. The van der Waals surface area contributed by atoms with Gasteiger partial charge in [-0.15, -0.1) is 0 Å². The number of halogens is 1. The minimum atomic E-state index is -0.776. The van der Waals surface area contributed by atoms with Gasteiger partial charge in [0.15, 0.2) is 5.82 Å². The highest BCUT2D eigenvalue weighted by Crippen LogP contribution is 2.33. The lowest BCUT2D eigenvalue weighted by Gasteiger charge is -2.27. The van der Waals surface area contributed by atoms with Crippen molar-refractivity contribution in [1.82, 2.24) is 45.7 Å². The maximum atomic E-state index is 15.5. The summed E-state index contributed by atoms with van der Waals surface area (Å²) in [5.74, 6) is 0.631. The predicted octanol–water partition coefficient (Wildman–Crippen LogP) is 2.86. The number of H-pyrrole nitrogens is 1. The lowest BCUT2D eigenvalue weighted by Crippen LogP contribution is -2.51. The number of amides is 4. The molecule has 0 bridgehead atoms. The van der Waals surface area contributed by atoms with E-state index in [-0.39, 0.29) is 29.9 Å². The van der Waals surface area contributed by atoms with Crippen LogP contribution in [-0.2, 0) is 19.1 Å². The largest absolute Gasteiger partial charge is 0.453 e. The topological polar surface area (TPSA) is 196 Å². The number of ether oxygens (including phenoxy) is 2. The van der Waals surface area contributed by atoms with Crippen LogP contribution >= 0.6 is 0 Å². The highest BCUT2D eigenvalue weighted by molar-refractivity contribution is 5.95. The number of benzene rings is 1. The van der Waals surface area contributed by atoms with E-state index < -0.39 is 30.1 Å². The maximum absolute atomic E-state index is 15.5. The van der Waals surface area contributed by atoms with Gasteiger partial charge in [0.05, 0.1) is 44.2 Å². The van der Waals surface area contributed by atoms with Crippen LogP contribution in [0.2, 0.25) is 0 Å². The van der Waals surface area contributed by atoms with Crippen molar-refractivity contribution in [1.29, 1.82) is 0 Å². The molecule has 0 spiro atoms. The molecule has 6 rings (SSSR count). The Kier molecular flexibility index (Phi) is 10.4. The van der Waals surface area contributed by atoms with Gasteiger partial charge in [0.25, 0.3) is 0 Å². The first-order valence-corrected chi connectivity index (χ1v) is 16.9. The van der Waals surface area contributed by atoms with E-state index in [1.165, 1.54) is 20.3 Å². The van der Waals surface area contributed by atoms with Crippen molar-refractivity contribution in [2.24, 2.45) is 4.99 Å². The molecule has 2 aromatic heterocycles. The fourth-order valence-electron chi connectivity index (χ4n) is 6.75. The Labute approximate surface area is 293 Å². The molecule has 2 saturated heterocycles. The first-order valence-electron chi connectivity index (χ1n) is 16.9. The van der Waals surface area contributed by atoms with Crippen molar-refractivity contribution < 1.29 is 33.0 Å². The van der Waals surface area contributed by atoms with Gasteiger partial charge in [0.2, 0.25) is 11.8 Å². The number of aromatic nitrogens is 4. The molecule has 3 aromatic rings. The zero-order valence-electron chi connectivity index (χ0n) is 28.8. The molecule has 2 fully saturated rings. The van der Waals surface area contributed by atoms with Crippen molar-refractivity contribution in [3.63, 3.8) is 0 Å². The number of imidazole rings is 1. The molecule has 3 aliphatic rings. The quantitative estimate of drug-likeness (QED) is 0.257. The summed E-state index contributed by atoms with van der Waals surface area (Å²) in [6.07, 6.45) is 6.54. The number of aromatic amines is 1. The lowest BCUT2D eigenvalue weighted by atomic mass is 10.1. The summed E-state index contributed by atoms with van der Waals surface area (Å²) < 4.78 is 24.7. The second-order valence-electron chi connectivity index (χ2n) is 12.7. The molecule has 1 unspecified atom stereocenters. The molecule has 3 aliphatic heterocycles. The number of carbonyl (C=O) groups excluding carboxylic acids is 4. The van der Waals surface area contributed by atoms with Crippen LogP contribution in [0.3, 0.4) is 0 Å². The Bertz CT molecular complexity index is 1820. The zero-order chi connectivity index (χ0) is 36.2. The molecule has 4 N–H and O–H groups in total. The zero-order valence-corrected chi connectivity index (χ0v) is 28.8. The Balaban J connectivity index is 1.10. The normalized spacial score (nSPS) is 21.0. The number of amidine groups is 1. The van der Waals surface area contributed by atoms with Crippen molar-refractivity contribution in [2.45, 2.75) is 69.7 Å². The smallest absolute Gasteiger partial charge is 0.407 e.